The minimum absolute atomic E-state index is 0.0181. The number of hydrogen-bond acceptors (Lipinski definition) is 3. The smallest absolute Gasteiger partial charge is 0.308 e. The summed E-state index contributed by atoms with van der Waals surface area (Å²) >= 11 is 0. The summed E-state index contributed by atoms with van der Waals surface area (Å²) in [7, 11) is -2.60. The van der Waals surface area contributed by atoms with Crippen molar-refractivity contribution in [3.05, 3.63) is 36.4 Å². The number of ether oxygens (including phenoxy) is 2. The highest BCUT2D eigenvalue weighted by atomic mass is 16.6. The quantitative estimate of drug-likeness (QED) is 0.434. The molecule has 0 atom stereocenters. The van der Waals surface area contributed by atoms with E-state index in [-0.39, 0.29) is 11.5 Å². The molecule has 0 saturated carbocycles. The highest BCUT2D eigenvalue weighted by Crippen LogP contribution is 2.28. The molecular formula is C12H14O3. The maximum atomic E-state index is 10.9. The fourth-order valence-electron chi connectivity index (χ4n) is 1.17. The number of carbonyl (C=O) groups excluding carboxylic acids is 1. The normalized spacial score (nSPS) is 13.3. The average molecular weight is 209 g/mol. The third-order valence-corrected chi connectivity index (χ3v) is 1.75. The molecule has 0 aliphatic heterocycles. The van der Waals surface area contributed by atoms with Gasteiger partial charge >= 0.3 is 5.97 Å². The first-order chi connectivity index (χ1) is 8.31. The largest absolute Gasteiger partial charge is 0.493 e. The van der Waals surface area contributed by atoms with Gasteiger partial charge < -0.3 is 9.47 Å². The molecule has 15 heavy (non-hydrogen) atoms. The van der Waals surface area contributed by atoms with E-state index >= 15 is 0 Å². The van der Waals surface area contributed by atoms with Gasteiger partial charge in [-0.2, -0.15) is 0 Å². The van der Waals surface area contributed by atoms with Gasteiger partial charge in [-0.15, -0.1) is 6.58 Å². The zero-order chi connectivity index (χ0) is 13.8. The predicted octanol–water partition coefficient (Wildman–Crippen LogP) is 2.35. The highest BCUT2D eigenvalue weighted by Gasteiger charge is 2.07. The van der Waals surface area contributed by atoms with E-state index < -0.39 is 13.0 Å². The Balaban J connectivity index is 3.08. The van der Waals surface area contributed by atoms with Crippen LogP contribution in [0.2, 0.25) is 0 Å². The molecule has 0 heterocycles. The SMILES string of the molecule is [2H]C([2H])([2H])Oc1cc(CC=C)ccc1OC(C)=O. The van der Waals surface area contributed by atoms with Crippen LogP contribution >= 0.6 is 0 Å². The lowest BCUT2D eigenvalue weighted by Crippen LogP contribution is -2.03. The van der Waals surface area contributed by atoms with Crippen molar-refractivity contribution in [1.82, 2.24) is 0 Å². The molecular weight excluding hydrogens is 192 g/mol. The van der Waals surface area contributed by atoms with Crippen LogP contribution in [0.15, 0.2) is 30.9 Å². The molecule has 0 N–H and O–H groups in total. The van der Waals surface area contributed by atoms with Crippen molar-refractivity contribution in [1.29, 1.82) is 0 Å². The molecule has 80 valence electrons. The first-order valence-corrected chi connectivity index (χ1v) is 4.43. The second-order valence-electron chi connectivity index (χ2n) is 2.97. The number of carbonyl (C=O) groups is 1. The molecule has 0 fully saturated rings. The molecule has 0 saturated heterocycles. The Hall–Kier alpha value is -1.77. The first kappa shape index (κ1) is 7.51. The molecule has 0 amide bonds. The van der Waals surface area contributed by atoms with E-state index in [1.54, 1.807) is 12.1 Å². The summed E-state index contributed by atoms with van der Waals surface area (Å²) in [6.07, 6.45) is 2.25. The molecule has 0 unspecified atom stereocenters. The predicted molar refractivity (Wildman–Crippen MR) is 58.2 cm³/mol. The molecule has 0 spiro atoms. The average Bonchev–Trinajstić information content (AvgIpc) is 2.19. The number of allylic oxidation sites excluding steroid dienone is 1. The fraction of sp³-hybridized carbons (Fsp3) is 0.250. The lowest BCUT2D eigenvalue weighted by atomic mass is 10.1. The zero-order valence-electron chi connectivity index (χ0n) is 11.4. The van der Waals surface area contributed by atoms with Crippen molar-refractivity contribution in [2.45, 2.75) is 13.3 Å². The van der Waals surface area contributed by atoms with E-state index in [2.05, 4.69) is 6.58 Å². The van der Waals surface area contributed by atoms with Crippen molar-refractivity contribution < 1.29 is 18.4 Å². The number of rotatable bonds is 4. The minimum Gasteiger partial charge on any atom is -0.493 e. The number of esters is 1. The van der Waals surface area contributed by atoms with E-state index in [1.807, 2.05) is 0 Å². The van der Waals surface area contributed by atoms with E-state index in [4.69, 9.17) is 13.6 Å². The molecule has 3 heteroatoms. The van der Waals surface area contributed by atoms with Gasteiger partial charge in [-0.25, -0.2) is 0 Å². The van der Waals surface area contributed by atoms with Crippen LogP contribution in [0.1, 0.15) is 16.6 Å². The highest BCUT2D eigenvalue weighted by molar-refractivity contribution is 5.70. The van der Waals surface area contributed by atoms with E-state index in [0.29, 0.717) is 6.42 Å². The van der Waals surface area contributed by atoms with Crippen molar-refractivity contribution in [2.24, 2.45) is 0 Å². The number of methoxy groups -OCH3 is 1. The third kappa shape index (κ3) is 3.13. The molecule has 1 aromatic rings. The van der Waals surface area contributed by atoms with Crippen LogP contribution in [-0.4, -0.2) is 13.0 Å². The molecule has 3 nitrogen and oxygen atoms in total. The summed E-state index contributed by atoms with van der Waals surface area (Å²) in [6, 6.07) is 4.74. The summed E-state index contributed by atoms with van der Waals surface area (Å²) in [5.74, 6) is -0.433. The van der Waals surface area contributed by atoms with Gasteiger partial charge in [-0.1, -0.05) is 12.1 Å². The van der Waals surface area contributed by atoms with Gasteiger partial charge in [0.25, 0.3) is 0 Å². The van der Waals surface area contributed by atoms with E-state index in [1.165, 1.54) is 19.1 Å². The summed E-state index contributed by atoms with van der Waals surface area (Å²) in [5, 5.41) is 0. The van der Waals surface area contributed by atoms with Crippen LogP contribution in [0.25, 0.3) is 0 Å². The Kier molecular flexibility index (Phi) is 2.60. The molecule has 1 aromatic carbocycles. The molecule has 0 aliphatic carbocycles. The summed E-state index contributed by atoms with van der Waals surface area (Å²) < 4.78 is 30.9. The van der Waals surface area contributed by atoms with Crippen molar-refractivity contribution >= 4 is 5.97 Å². The fourth-order valence-corrected chi connectivity index (χ4v) is 1.17. The Bertz CT molecular complexity index is 452. The maximum absolute atomic E-state index is 10.9. The summed E-state index contributed by atoms with van der Waals surface area (Å²) in [4.78, 5) is 10.9. The van der Waals surface area contributed by atoms with Crippen LogP contribution < -0.4 is 9.47 Å². The number of hydrogen-bond donors (Lipinski definition) is 0. The van der Waals surface area contributed by atoms with Gasteiger partial charge in [-0.05, 0) is 24.1 Å². The lowest BCUT2D eigenvalue weighted by molar-refractivity contribution is -0.132. The van der Waals surface area contributed by atoms with Gasteiger partial charge in [0, 0.05) is 6.92 Å². The van der Waals surface area contributed by atoms with E-state index in [9.17, 15) is 4.79 Å². The molecule has 0 aliphatic rings. The minimum atomic E-state index is -2.60. The third-order valence-electron chi connectivity index (χ3n) is 1.75. The van der Waals surface area contributed by atoms with Gasteiger partial charge in [0.1, 0.15) is 0 Å². The summed E-state index contributed by atoms with van der Waals surface area (Å²) in [6.45, 7) is 4.83. The lowest BCUT2D eigenvalue weighted by Gasteiger charge is -2.08. The van der Waals surface area contributed by atoms with Crippen molar-refractivity contribution in [3.63, 3.8) is 0 Å². The maximum Gasteiger partial charge on any atom is 0.308 e. The van der Waals surface area contributed by atoms with Gasteiger partial charge in [-0.3, -0.25) is 4.79 Å². The zero-order valence-corrected chi connectivity index (χ0v) is 8.45. The molecule has 0 radical (unpaired) electrons. The van der Waals surface area contributed by atoms with Gasteiger partial charge in [0.05, 0.1) is 11.2 Å². The second kappa shape index (κ2) is 5.20. The van der Waals surface area contributed by atoms with Crippen LogP contribution in [0.4, 0.5) is 0 Å². The van der Waals surface area contributed by atoms with Crippen molar-refractivity contribution in [2.75, 3.05) is 7.04 Å². The van der Waals surface area contributed by atoms with Crippen LogP contribution in [-0.2, 0) is 11.2 Å². The standard InChI is InChI=1S/C12H14O3/c1-4-5-10-6-7-11(15-9(2)13)12(8-10)14-3/h4,6-8H,1,5H2,2-3H3/i3D3. The summed E-state index contributed by atoms with van der Waals surface area (Å²) in [5.41, 5.74) is 0.820. The van der Waals surface area contributed by atoms with Gasteiger partial charge in [0.15, 0.2) is 11.5 Å². The monoisotopic (exact) mass is 209 g/mol. The molecule has 1 rings (SSSR count). The Morgan fingerprint density at radius 2 is 2.40 bits per heavy atom. The van der Waals surface area contributed by atoms with Crippen molar-refractivity contribution in [3.8, 4) is 11.5 Å². The number of benzene rings is 1. The van der Waals surface area contributed by atoms with Gasteiger partial charge in [0.2, 0.25) is 0 Å². The second-order valence-corrected chi connectivity index (χ2v) is 2.97. The molecule has 0 aromatic heterocycles. The Morgan fingerprint density at radius 3 is 3.00 bits per heavy atom. The van der Waals surface area contributed by atoms with Crippen LogP contribution in [0.3, 0.4) is 0 Å². The van der Waals surface area contributed by atoms with Crippen LogP contribution in [0.5, 0.6) is 11.5 Å². The first-order valence-electron chi connectivity index (χ1n) is 5.93. The Labute approximate surface area is 93.5 Å². The topological polar surface area (TPSA) is 35.5 Å². The van der Waals surface area contributed by atoms with Crippen LogP contribution in [0, 0.1) is 0 Å². The molecule has 0 bridgehead atoms. The Morgan fingerprint density at radius 1 is 1.60 bits per heavy atom. The van der Waals surface area contributed by atoms with E-state index in [0.717, 1.165) is 5.56 Å².